The zero-order chi connectivity index (χ0) is 11.8. The van der Waals surface area contributed by atoms with E-state index >= 15 is 0 Å². The summed E-state index contributed by atoms with van der Waals surface area (Å²) in [6, 6.07) is 0. The van der Waals surface area contributed by atoms with Crippen molar-refractivity contribution in [2.24, 2.45) is 11.7 Å². The molecule has 0 aromatic heterocycles. The maximum atomic E-state index is 11.8. The van der Waals surface area contributed by atoms with Crippen LogP contribution in [0.1, 0.15) is 19.8 Å². The van der Waals surface area contributed by atoms with E-state index in [9.17, 15) is 9.59 Å². The fourth-order valence-corrected chi connectivity index (χ4v) is 1.37. The molecular formula is C10H21N3O2. The van der Waals surface area contributed by atoms with Crippen LogP contribution >= 0.6 is 0 Å². The van der Waals surface area contributed by atoms with Gasteiger partial charge in [0.25, 0.3) is 0 Å². The SMILES string of the molecule is CCCC(CN)C(=O)N(C)CC(=O)NC. The Balaban J connectivity index is 4.21. The van der Waals surface area contributed by atoms with Crippen LogP contribution in [0.25, 0.3) is 0 Å². The van der Waals surface area contributed by atoms with Gasteiger partial charge in [-0.15, -0.1) is 0 Å². The van der Waals surface area contributed by atoms with E-state index in [2.05, 4.69) is 5.32 Å². The quantitative estimate of drug-likeness (QED) is 0.631. The smallest absolute Gasteiger partial charge is 0.239 e. The molecule has 5 heteroatoms. The molecule has 0 aliphatic heterocycles. The minimum atomic E-state index is -0.168. The molecule has 0 radical (unpaired) electrons. The van der Waals surface area contributed by atoms with Crippen molar-refractivity contribution < 1.29 is 9.59 Å². The van der Waals surface area contributed by atoms with E-state index in [0.717, 1.165) is 12.8 Å². The molecule has 0 spiro atoms. The topological polar surface area (TPSA) is 75.4 Å². The van der Waals surface area contributed by atoms with Gasteiger partial charge in [-0.1, -0.05) is 13.3 Å². The lowest BCUT2D eigenvalue weighted by atomic mass is 10.0. The standard InChI is InChI=1S/C10H21N3O2/c1-4-5-8(6-11)10(15)13(3)7-9(14)12-2/h8H,4-7,11H2,1-3H3,(H,12,14). The Labute approximate surface area is 91.0 Å². The summed E-state index contributed by atoms with van der Waals surface area (Å²) >= 11 is 0. The molecule has 2 amide bonds. The van der Waals surface area contributed by atoms with Gasteiger partial charge >= 0.3 is 0 Å². The number of hydrogen-bond acceptors (Lipinski definition) is 3. The van der Waals surface area contributed by atoms with Gasteiger partial charge in [0.2, 0.25) is 11.8 Å². The predicted octanol–water partition coefficient (Wildman–Crippen LogP) is -0.434. The van der Waals surface area contributed by atoms with Crippen LogP contribution in [0.15, 0.2) is 0 Å². The highest BCUT2D eigenvalue weighted by Crippen LogP contribution is 2.07. The van der Waals surface area contributed by atoms with Gasteiger partial charge in [0.05, 0.1) is 12.5 Å². The lowest BCUT2D eigenvalue weighted by Gasteiger charge is -2.21. The Bertz CT molecular complexity index is 219. The van der Waals surface area contributed by atoms with Crippen molar-refractivity contribution in [2.45, 2.75) is 19.8 Å². The van der Waals surface area contributed by atoms with Crippen molar-refractivity contribution in [3.05, 3.63) is 0 Å². The molecule has 5 nitrogen and oxygen atoms in total. The fraction of sp³-hybridized carbons (Fsp3) is 0.800. The van der Waals surface area contributed by atoms with Crippen LogP contribution in [-0.2, 0) is 9.59 Å². The van der Waals surface area contributed by atoms with Crippen molar-refractivity contribution in [3.8, 4) is 0 Å². The first-order chi connectivity index (χ1) is 7.06. The van der Waals surface area contributed by atoms with Crippen LogP contribution in [0.4, 0.5) is 0 Å². The van der Waals surface area contributed by atoms with Gasteiger partial charge in [-0.25, -0.2) is 0 Å². The number of likely N-dealkylation sites (N-methyl/N-ethyl adjacent to an activating group) is 2. The maximum absolute atomic E-state index is 11.8. The molecule has 0 saturated heterocycles. The first-order valence-electron chi connectivity index (χ1n) is 5.22. The number of nitrogens with one attached hydrogen (secondary N) is 1. The summed E-state index contributed by atoms with van der Waals surface area (Å²) in [6.07, 6.45) is 1.69. The minimum Gasteiger partial charge on any atom is -0.358 e. The van der Waals surface area contributed by atoms with Crippen LogP contribution < -0.4 is 11.1 Å². The molecule has 0 heterocycles. The molecule has 0 saturated carbocycles. The van der Waals surface area contributed by atoms with E-state index in [1.165, 1.54) is 4.90 Å². The van der Waals surface area contributed by atoms with Crippen LogP contribution in [0.5, 0.6) is 0 Å². The van der Waals surface area contributed by atoms with Crippen molar-refractivity contribution in [3.63, 3.8) is 0 Å². The van der Waals surface area contributed by atoms with Gasteiger partial charge < -0.3 is 16.0 Å². The van der Waals surface area contributed by atoms with Gasteiger partial charge in [-0.05, 0) is 6.42 Å². The summed E-state index contributed by atoms with van der Waals surface area (Å²) in [7, 11) is 3.17. The molecule has 3 N–H and O–H groups in total. The van der Waals surface area contributed by atoms with Gasteiger partial charge in [0.1, 0.15) is 0 Å². The normalized spacial score (nSPS) is 12.0. The highest BCUT2D eigenvalue weighted by atomic mass is 16.2. The van der Waals surface area contributed by atoms with Gasteiger partial charge in [0, 0.05) is 20.6 Å². The Morgan fingerprint density at radius 1 is 1.47 bits per heavy atom. The Morgan fingerprint density at radius 3 is 2.47 bits per heavy atom. The molecular weight excluding hydrogens is 194 g/mol. The third-order valence-corrected chi connectivity index (χ3v) is 2.31. The van der Waals surface area contributed by atoms with Gasteiger partial charge in [-0.2, -0.15) is 0 Å². The highest BCUT2D eigenvalue weighted by molar-refractivity contribution is 5.85. The number of nitrogens with zero attached hydrogens (tertiary/aromatic N) is 1. The molecule has 0 aromatic carbocycles. The number of carbonyl (C=O) groups excluding carboxylic acids is 2. The summed E-state index contributed by atoms with van der Waals surface area (Å²) in [5.41, 5.74) is 5.51. The number of carbonyl (C=O) groups is 2. The molecule has 0 aliphatic rings. The van der Waals surface area contributed by atoms with E-state index in [4.69, 9.17) is 5.73 Å². The van der Waals surface area contributed by atoms with Crippen molar-refractivity contribution in [1.82, 2.24) is 10.2 Å². The van der Waals surface area contributed by atoms with E-state index in [0.29, 0.717) is 6.54 Å². The van der Waals surface area contributed by atoms with Crippen molar-refractivity contribution >= 4 is 11.8 Å². The molecule has 1 unspecified atom stereocenters. The lowest BCUT2D eigenvalue weighted by Crippen LogP contribution is -2.41. The second-order valence-electron chi connectivity index (χ2n) is 3.59. The largest absolute Gasteiger partial charge is 0.358 e. The highest BCUT2D eigenvalue weighted by Gasteiger charge is 2.20. The first-order valence-corrected chi connectivity index (χ1v) is 5.22. The summed E-state index contributed by atoms with van der Waals surface area (Å²) in [6.45, 7) is 2.44. The molecule has 0 bridgehead atoms. The van der Waals surface area contributed by atoms with Crippen LogP contribution in [0.2, 0.25) is 0 Å². The second-order valence-corrected chi connectivity index (χ2v) is 3.59. The Kier molecular flexibility index (Phi) is 6.70. The summed E-state index contributed by atoms with van der Waals surface area (Å²) in [5, 5.41) is 2.48. The molecule has 15 heavy (non-hydrogen) atoms. The molecule has 0 aromatic rings. The zero-order valence-electron chi connectivity index (χ0n) is 9.75. The number of amides is 2. The molecule has 0 fully saturated rings. The van der Waals surface area contributed by atoms with E-state index in [1.54, 1.807) is 14.1 Å². The van der Waals surface area contributed by atoms with Crippen molar-refractivity contribution in [2.75, 3.05) is 27.2 Å². The monoisotopic (exact) mass is 215 g/mol. The molecule has 88 valence electrons. The Morgan fingerprint density at radius 2 is 2.07 bits per heavy atom. The van der Waals surface area contributed by atoms with E-state index < -0.39 is 0 Å². The molecule has 0 rings (SSSR count). The number of rotatable bonds is 6. The maximum Gasteiger partial charge on any atom is 0.239 e. The Hall–Kier alpha value is -1.10. The van der Waals surface area contributed by atoms with Crippen LogP contribution in [0, 0.1) is 5.92 Å². The second kappa shape index (κ2) is 7.23. The van der Waals surface area contributed by atoms with E-state index in [-0.39, 0.29) is 24.3 Å². The minimum absolute atomic E-state index is 0.0528. The molecule has 0 aliphatic carbocycles. The van der Waals surface area contributed by atoms with Crippen LogP contribution in [0.3, 0.4) is 0 Å². The average Bonchev–Trinajstić information content (AvgIpc) is 2.24. The third-order valence-electron chi connectivity index (χ3n) is 2.31. The van der Waals surface area contributed by atoms with Gasteiger partial charge in [0.15, 0.2) is 0 Å². The average molecular weight is 215 g/mol. The lowest BCUT2D eigenvalue weighted by molar-refractivity contribution is -0.137. The summed E-state index contributed by atoms with van der Waals surface area (Å²) < 4.78 is 0. The van der Waals surface area contributed by atoms with Crippen molar-refractivity contribution in [1.29, 1.82) is 0 Å². The zero-order valence-corrected chi connectivity index (χ0v) is 9.75. The van der Waals surface area contributed by atoms with E-state index in [1.807, 2.05) is 6.92 Å². The molecule has 1 atom stereocenters. The summed E-state index contributed by atoms with van der Waals surface area (Å²) in [4.78, 5) is 24.3. The van der Waals surface area contributed by atoms with Gasteiger partial charge in [-0.3, -0.25) is 9.59 Å². The first kappa shape index (κ1) is 13.9. The predicted molar refractivity (Wildman–Crippen MR) is 59.2 cm³/mol. The number of nitrogens with two attached hydrogens (primary N) is 1. The fourth-order valence-electron chi connectivity index (χ4n) is 1.37. The third kappa shape index (κ3) is 4.78. The number of hydrogen-bond donors (Lipinski definition) is 2. The van der Waals surface area contributed by atoms with Crippen LogP contribution in [-0.4, -0.2) is 43.9 Å². The summed E-state index contributed by atoms with van der Waals surface area (Å²) in [5.74, 6) is -0.384.